The highest BCUT2D eigenvalue weighted by Crippen LogP contribution is 2.55. The molecule has 2 aliphatic heterocycles. The van der Waals surface area contributed by atoms with E-state index >= 15 is 8.78 Å². The Hall–Kier alpha value is -2.69. The van der Waals surface area contributed by atoms with Crippen LogP contribution in [0, 0.1) is 18.6 Å². The summed E-state index contributed by atoms with van der Waals surface area (Å²) in [5.74, 6) is -2.02. The molecule has 1 aromatic carbocycles. The molecule has 6 nitrogen and oxygen atoms in total. The Balaban J connectivity index is 1.41. The van der Waals surface area contributed by atoms with Gasteiger partial charge in [-0.3, -0.25) is 14.3 Å². The molecule has 1 spiro atoms. The Morgan fingerprint density at radius 3 is 2.23 bits per heavy atom. The lowest BCUT2D eigenvalue weighted by atomic mass is 10.1. The fraction of sp³-hybridized carbons (Fsp3) is 0.500. The third-order valence-electron chi connectivity index (χ3n) is 6.24. The molecule has 1 saturated heterocycles. The molecular weight excluding hydrogens is 421 g/mol. The van der Waals surface area contributed by atoms with Crippen LogP contribution in [0.1, 0.15) is 18.5 Å². The van der Waals surface area contributed by atoms with Crippen molar-refractivity contribution in [3.05, 3.63) is 35.7 Å². The van der Waals surface area contributed by atoms with E-state index < -0.39 is 41.5 Å². The minimum atomic E-state index is -4.28. The molecule has 3 aliphatic rings. The first-order valence-electron chi connectivity index (χ1n) is 10.0. The Kier molecular flexibility index (Phi) is 4.34. The van der Waals surface area contributed by atoms with Gasteiger partial charge in [-0.1, -0.05) is 0 Å². The average Bonchev–Trinajstić information content (AvgIpc) is 3.34. The van der Waals surface area contributed by atoms with Crippen LogP contribution in [-0.2, 0) is 10.3 Å². The number of aryl methyl sites for hydroxylation is 1. The maximum atomic E-state index is 15.1. The number of amides is 1. The minimum absolute atomic E-state index is 0.133. The molecule has 2 fully saturated rings. The highest BCUT2D eigenvalue weighted by molar-refractivity contribution is 6.09. The number of carbonyl (C=O) groups is 1. The van der Waals surface area contributed by atoms with E-state index in [2.05, 4.69) is 4.98 Å². The molecule has 0 bridgehead atoms. The van der Waals surface area contributed by atoms with Gasteiger partial charge in [0.05, 0.1) is 12.7 Å². The smallest absolute Gasteiger partial charge is 0.369 e. The number of nitrogens with zero attached hydrogens (tertiary/aromatic N) is 5. The monoisotopic (exact) mass is 441 g/mol. The standard InChI is InChI=1S/C20H20F5N5O/c1-12-10-26-18-29(17(31)19(2-3-19)30(12)18)16-14(21)8-13(9-15(16)22)28-6-4-27(5-7-28)11-20(23,24)25/h8-10H,2-7,11H2,1H3. The number of aromatic nitrogens is 2. The molecule has 3 heterocycles. The lowest BCUT2D eigenvalue weighted by molar-refractivity contribution is -0.146. The number of halogens is 5. The van der Waals surface area contributed by atoms with E-state index in [1.165, 1.54) is 4.90 Å². The van der Waals surface area contributed by atoms with Crippen LogP contribution in [0.15, 0.2) is 18.3 Å². The summed E-state index contributed by atoms with van der Waals surface area (Å²) in [6, 6.07) is 2.26. The Labute approximate surface area is 174 Å². The first kappa shape index (κ1) is 20.2. The van der Waals surface area contributed by atoms with E-state index in [4.69, 9.17) is 0 Å². The van der Waals surface area contributed by atoms with Gasteiger partial charge in [0.2, 0.25) is 5.95 Å². The zero-order chi connectivity index (χ0) is 22.1. The predicted octanol–water partition coefficient (Wildman–Crippen LogP) is 3.32. The summed E-state index contributed by atoms with van der Waals surface area (Å²) in [6.07, 6.45) is -1.53. The number of hydrogen-bond acceptors (Lipinski definition) is 4. The number of anilines is 3. The highest BCUT2D eigenvalue weighted by Gasteiger charge is 2.61. The largest absolute Gasteiger partial charge is 0.401 e. The summed E-state index contributed by atoms with van der Waals surface area (Å²) >= 11 is 0. The van der Waals surface area contributed by atoms with Crippen LogP contribution in [0.5, 0.6) is 0 Å². The SMILES string of the molecule is Cc1cnc2n1C1(CC1)C(=O)N2c1c(F)cc(N2CCN(CC(F)(F)F)CC2)cc1F. The van der Waals surface area contributed by atoms with E-state index in [9.17, 15) is 18.0 Å². The van der Waals surface area contributed by atoms with Crippen molar-refractivity contribution in [2.45, 2.75) is 31.5 Å². The van der Waals surface area contributed by atoms with Crippen LogP contribution in [-0.4, -0.2) is 59.3 Å². The molecule has 2 aromatic rings. The molecule has 1 aliphatic carbocycles. The fourth-order valence-electron chi connectivity index (χ4n) is 4.63. The third-order valence-corrected chi connectivity index (χ3v) is 6.24. The van der Waals surface area contributed by atoms with Crippen LogP contribution >= 0.6 is 0 Å². The molecule has 1 saturated carbocycles. The summed E-state index contributed by atoms with van der Waals surface area (Å²) in [4.78, 5) is 21.1. The zero-order valence-electron chi connectivity index (χ0n) is 16.7. The Morgan fingerprint density at radius 1 is 1.06 bits per heavy atom. The van der Waals surface area contributed by atoms with Crippen LogP contribution < -0.4 is 9.80 Å². The first-order valence-corrected chi connectivity index (χ1v) is 10.0. The minimum Gasteiger partial charge on any atom is -0.369 e. The predicted molar refractivity (Wildman–Crippen MR) is 102 cm³/mol. The van der Waals surface area contributed by atoms with Gasteiger partial charge in [0.15, 0.2) is 11.6 Å². The molecule has 0 radical (unpaired) electrons. The molecule has 31 heavy (non-hydrogen) atoms. The number of piperazine rings is 1. The number of rotatable bonds is 3. The molecule has 1 aromatic heterocycles. The molecular formula is C20H20F5N5O. The van der Waals surface area contributed by atoms with E-state index in [1.807, 2.05) is 0 Å². The van der Waals surface area contributed by atoms with Crippen LogP contribution in [0.2, 0.25) is 0 Å². The third kappa shape index (κ3) is 3.17. The van der Waals surface area contributed by atoms with Gasteiger partial charge in [0.1, 0.15) is 11.2 Å². The van der Waals surface area contributed by atoms with Gasteiger partial charge in [-0.05, 0) is 31.9 Å². The second kappa shape index (κ2) is 6.65. The summed E-state index contributed by atoms with van der Waals surface area (Å²) < 4.78 is 69.6. The maximum Gasteiger partial charge on any atom is 0.401 e. The average molecular weight is 441 g/mol. The van der Waals surface area contributed by atoms with Gasteiger partial charge in [0, 0.05) is 37.6 Å². The maximum absolute atomic E-state index is 15.1. The molecule has 0 N–H and O–H groups in total. The van der Waals surface area contributed by atoms with Crippen molar-refractivity contribution in [3.63, 3.8) is 0 Å². The summed E-state index contributed by atoms with van der Waals surface area (Å²) in [6.45, 7) is 1.48. The van der Waals surface area contributed by atoms with E-state index in [0.717, 1.165) is 22.7 Å². The highest BCUT2D eigenvalue weighted by atomic mass is 19.4. The second-order valence-corrected chi connectivity index (χ2v) is 8.34. The summed E-state index contributed by atoms with van der Waals surface area (Å²) in [5, 5.41) is 0. The van der Waals surface area contributed by atoms with Crippen LogP contribution in [0.25, 0.3) is 0 Å². The van der Waals surface area contributed by atoms with E-state index in [1.54, 1.807) is 22.6 Å². The molecule has 1 amide bonds. The van der Waals surface area contributed by atoms with Gasteiger partial charge in [0.25, 0.3) is 5.91 Å². The Bertz CT molecular complexity index is 1030. The number of benzene rings is 1. The van der Waals surface area contributed by atoms with Gasteiger partial charge in [-0.15, -0.1) is 0 Å². The van der Waals surface area contributed by atoms with Gasteiger partial charge < -0.3 is 4.90 Å². The van der Waals surface area contributed by atoms with Gasteiger partial charge >= 0.3 is 6.18 Å². The van der Waals surface area contributed by atoms with Gasteiger partial charge in [-0.2, -0.15) is 13.2 Å². The Morgan fingerprint density at radius 2 is 1.68 bits per heavy atom. The summed E-state index contributed by atoms with van der Waals surface area (Å²) in [7, 11) is 0. The topological polar surface area (TPSA) is 44.6 Å². The molecule has 0 unspecified atom stereocenters. The van der Waals surface area contributed by atoms with Crippen molar-refractivity contribution in [2.24, 2.45) is 0 Å². The van der Waals surface area contributed by atoms with Crippen molar-refractivity contribution in [2.75, 3.05) is 42.5 Å². The van der Waals surface area contributed by atoms with E-state index in [0.29, 0.717) is 12.8 Å². The lowest BCUT2D eigenvalue weighted by Gasteiger charge is -2.36. The number of alkyl halides is 3. The van der Waals surface area contributed by atoms with Crippen molar-refractivity contribution in [3.8, 4) is 0 Å². The number of carbonyl (C=O) groups excluding carboxylic acids is 1. The van der Waals surface area contributed by atoms with E-state index in [-0.39, 0.29) is 37.8 Å². The quantitative estimate of drug-likeness (QED) is 0.686. The van der Waals surface area contributed by atoms with Gasteiger partial charge in [-0.25, -0.2) is 18.7 Å². The fourth-order valence-corrected chi connectivity index (χ4v) is 4.63. The number of hydrogen-bond donors (Lipinski definition) is 0. The van der Waals surface area contributed by atoms with Crippen LogP contribution in [0.3, 0.4) is 0 Å². The van der Waals surface area contributed by atoms with Crippen molar-refractivity contribution in [1.82, 2.24) is 14.5 Å². The van der Waals surface area contributed by atoms with Crippen molar-refractivity contribution < 1.29 is 26.7 Å². The second-order valence-electron chi connectivity index (χ2n) is 8.34. The molecule has 0 atom stereocenters. The molecule has 166 valence electrons. The molecule has 5 rings (SSSR count). The van der Waals surface area contributed by atoms with Crippen molar-refractivity contribution in [1.29, 1.82) is 0 Å². The number of fused-ring (bicyclic) bond motifs is 2. The first-order chi connectivity index (χ1) is 14.6. The number of imidazole rings is 1. The molecule has 11 heteroatoms. The lowest BCUT2D eigenvalue weighted by Crippen LogP contribution is -2.49. The normalized spacial score (nSPS) is 20.6. The van der Waals surface area contributed by atoms with Crippen molar-refractivity contribution >= 4 is 23.2 Å². The summed E-state index contributed by atoms with van der Waals surface area (Å²) in [5.41, 5.74) is -0.294. The van der Waals surface area contributed by atoms with Crippen LogP contribution in [0.4, 0.5) is 39.3 Å². The zero-order valence-corrected chi connectivity index (χ0v) is 16.7.